The maximum atomic E-state index is 12.0. The molecule has 110 valence electrons. The van der Waals surface area contributed by atoms with Crippen LogP contribution in [-0.2, 0) is 10.0 Å². The molecule has 0 aliphatic heterocycles. The van der Waals surface area contributed by atoms with Crippen LogP contribution >= 0.6 is 0 Å². The molecule has 0 bridgehead atoms. The minimum Gasteiger partial charge on any atom is -0.381 e. The Morgan fingerprint density at radius 2 is 1.80 bits per heavy atom. The fourth-order valence-electron chi connectivity index (χ4n) is 2.30. The predicted octanol–water partition coefficient (Wildman–Crippen LogP) is 1.28. The topological polar surface area (TPSA) is 84.2 Å². The lowest BCUT2D eigenvalue weighted by atomic mass is 10.1. The van der Waals surface area contributed by atoms with Crippen LogP contribution in [0.3, 0.4) is 0 Å². The van der Waals surface area contributed by atoms with Crippen molar-refractivity contribution in [2.45, 2.75) is 42.7 Å². The molecule has 0 heterocycles. The van der Waals surface area contributed by atoms with Crippen molar-refractivity contribution in [3.8, 4) is 0 Å². The van der Waals surface area contributed by atoms with Gasteiger partial charge >= 0.3 is 0 Å². The molecule has 4 N–H and O–H groups in total. The van der Waals surface area contributed by atoms with Gasteiger partial charge in [0, 0.05) is 24.3 Å². The molecule has 5 nitrogen and oxygen atoms in total. The van der Waals surface area contributed by atoms with Crippen molar-refractivity contribution in [3.05, 3.63) is 24.3 Å². The second-order valence-corrected chi connectivity index (χ2v) is 7.46. The highest BCUT2D eigenvalue weighted by Gasteiger charge is 2.30. The summed E-state index contributed by atoms with van der Waals surface area (Å²) >= 11 is 0. The van der Waals surface area contributed by atoms with Gasteiger partial charge in [-0.05, 0) is 55.9 Å². The minimum absolute atomic E-state index is 0.134. The molecule has 0 aromatic heterocycles. The SMILES string of the molecule is NCC(Nc1ccc(S(=O)(=O)NC2CC2)cc1)C1CC1. The van der Waals surface area contributed by atoms with E-state index in [1.165, 1.54) is 12.8 Å². The summed E-state index contributed by atoms with van der Waals surface area (Å²) in [5.41, 5.74) is 6.68. The van der Waals surface area contributed by atoms with Gasteiger partial charge in [-0.1, -0.05) is 0 Å². The summed E-state index contributed by atoms with van der Waals surface area (Å²) in [7, 11) is -3.35. The Balaban J connectivity index is 1.67. The molecule has 0 radical (unpaired) electrons. The quantitative estimate of drug-likeness (QED) is 0.707. The zero-order valence-corrected chi connectivity index (χ0v) is 12.2. The van der Waals surface area contributed by atoms with E-state index in [-0.39, 0.29) is 6.04 Å². The van der Waals surface area contributed by atoms with Gasteiger partial charge < -0.3 is 11.1 Å². The number of benzene rings is 1. The molecule has 3 rings (SSSR count). The largest absolute Gasteiger partial charge is 0.381 e. The normalized spacial score (nSPS) is 20.6. The van der Waals surface area contributed by atoms with Crippen molar-refractivity contribution in [3.63, 3.8) is 0 Å². The van der Waals surface area contributed by atoms with Crippen LogP contribution in [0.2, 0.25) is 0 Å². The van der Waals surface area contributed by atoms with Crippen LogP contribution in [0.15, 0.2) is 29.2 Å². The van der Waals surface area contributed by atoms with E-state index in [4.69, 9.17) is 5.73 Å². The van der Waals surface area contributed by atoms with E-state index in [0.717, 1.165) is 18.5 Å². The van der Waals surface area contributed by atoms with Crippen molar-refractivity contribution < 1.29 is 8.42 Å². The average molecular weight is 295 g/mol. The lowest BCUT2D eigenvalue weighted by molar-refractivity contribution is 0.581. The van der Waals surface area contributed by atoms with E-state index >= 15 is 0 Å². The van der Waals surface area contributed by atoms with Crippen LogP contribution in [0.1, 0.15) is 25.7 Å². The first-order valence-electron chi connectivity index (χ1n) is 7.17. The van der Waals surface area contributed by atoms with E-state index in [2.05, 4.69) is 10.0 Å². The first kappa shape index (κ1) is 13.9. The number of rotatable bonds is 7. The molecular weight excluding hydrogens is 274 g/mol. The number of hydrogen-bond acceptors (Lipinski definition) is 4. The van der Waals surface area contributed by atoms with Crippen LogP contribution in [0.25, 0.3) is 0 Å². The van der Waals surface area contributed by atoms with Gasteiger partial charge in [-0.3, -0.25) is 0 Å². The molecule has 1 aromatic rings. The van der Waals surface area contributed by atoms with Crippen LogP contribution in [0, 0.1) is 5.92 Å². The first-order valence-corrected chi connectivity index (χ1v) is 8.66. The lowest BCUT2D eigenvalue weighted by Gasteiger charge is -2.17. The lowest BCUT2D eigenvalue weighted by Crippen LogP contribution is -2.30. The van der Waals surface area contributed by atoms with E-state index in [1.807, 2.05) is 12.1 Å². The molecule has 2 fully saturated rings. The van der Waals surface area contributed by atoms with Crippen LogP contribution in [-0.4, -0.2) is 27.0 Å². The molecule has 0 spiro atoms. The van der Waals surface area contributed by atoms with Gasteiger partial charge in [-0.2, -0.15) is 0 Å². The van der Waals surface area contributed by atoms with Crippen molar-refractivity contribution in [2.24, 2.45) is 11.7 Å². The monoisotopic (exact) mass is 295 g/mol. The van der Waals surface area contributed by atoms with Crippen molar-refractivity contribution in [1.29, 1.82) is 0 Å². The molecular formula is C14H21N3O2S. The highest BCUT2D eigenvalue weighted by Crippen LogP contribution is 2.34. The molecule has 0 amide bonds. The Kier molecular flexibility index (Phi) is 3.70. The summed E-state index contributed by atoms with van der Waals surface area (Å²) in [5.74, 6) is 0.667. The van der Waals surface area contributed by atoms with Gasteiger partial charge in [0.1, 0.15) is 0 Å². The molecule has 2 saturated carbocycles. The summed E-state index contributed by atoms with van der Waals surface area (Å²) in [6.07, 6.45) is 4.34. The zero-order chi connectivity index (χ0) is 14.2. The molecule has 1 unspecified atom stereocenters. The van der Waals surface area contributed by atoms with Crippen LogP contribution < -0.4 is 15.8 Å². The van der Waals surface area contributed by atoms with Gasteiger partial charge in [-0.15, -0.1) is 0 Å². The third kappa shape index (κ3) is 3.31. The van der Waals surface area contributed by atoms with Crippen molar-refractivity contribution >= 4 is 15.7 Å². The fourth-order valence-corrected chi connectivity index (χ4v) is 3.61. The van der Waals surface area contributed by atoms with Gasteiger partial charge in [0.25, 0.3) is 0 Å². The molecule has 2 aliphatic carbocycles. The number of nitrogens with one attached hydrogen (secondary N) is 2. The Labute approximate surface area is 120 Å². The molecule has 1 aromatic carbocycles. The van der Waals surface area contributed by atoms with E-state index in [9.17, 15) is 8.42 Å². The highest BCUT2D eigenvalue weighted by molar-refractivity contribution is 7.89. The maximum Gasteiger partial charge on any atom is 0.240 e. The summed E-state index contributed by atoms with van der Waals surface area (Å²) < 4.78 is 26.8. The molecule has 0 saturated heterocycles. The van der Waals surface area contributed by atoms with Gasteiger partial charge in [0.15, 0.2) is 0 Å². The zero-order valence-electron chi connectivity index (χ0n) is 11.4. The van der Waals surface area contributed by atoms with Crippen LogP contribution in [0.5, 0.6) is 0 Å². The third-order valence-corrected chi connectivity index (χ3v) is 5.40. The second kappa shape index (κ2) is 5.35. The number of anilines is 1. The maximum absolute atomic E-state index is 12.0. The fraction of sp³-hybridized carbons (Fsp3) is 0.571. The second-order valence-electron chi connectivity index (χ2n) is 5.74. The minimum atomic E-state index is -3.35. The van der Waals surface area contributed by atoms with Crippen molar-refractivity contribution in [1.82, 2.24) is 4.72 Å². The Morgan fingerprint density at radius 1 is 1.15 bits per heavy atom. The first-order chi connectivity index (χ1) is 9.58. The number of sulfonamides is 1. The number of hydrogen-bond donors (Lipinski definition) is 3. The van der Waals surface area contributed by atoms with E-state index in [1.54, 1.807) is 12.1 Å². The Morgan fingerprint density at radius 3 is 2.30 bits per heavy atom. The highest BCUT2D eigenvalue weighted by atomic mass is 32.2. The smallest absolute Gasteiger partial charge is 0.240 e. The van der Waals surface area contributed by atoms with Gasteiger partial charge in [-0.25, -0.2) is 13.1 Å². The molecule has 2 aliphatic rings. The van der Waals surface area contributed by atoms with Gasteiger partial charge in [0.05, 0.1) is 4.90 Å². The predicted molar refractivity (Wildman–Crippen MR) is 79.0 cm³/mol. The van der Waals surface area contributed by atoms with E-state index < -0.39 is 10.0 Å². The molecule has 20 heavy (non-hydrogen) atoms. The molecule has 1 atom stereocenters. The summed E-state index contributed by atoms with van der Waals surface area (Å²) in [5, 5.41) is 3.38. The Hall–Kier alpha value is -1.11. The third-order valence-electron chi connectivity index (χ3n) is 3.86. The summed E-state index contributed by atoms with van der Waals surface area (Å²) in [6, 6.07) is 7.34. The number of nitrogens with two attached hydrogens (primary N) is 1. The van der Waals surface area contributed by atoms with Crippen molar-refractivity contribution in [2.75, 3.05) is 11.9 Å². The average Bonchev–Trinajstić information content (AvgIpc) is 3.29. The Bertz CT molecular complexity index is 563. The standard InChI is InChI=1S/C14H21N3O2S/c15-9-14(10-1-2-10)16-11-5-7-13(8-6-11)20(18,19)17-12-3-4-12/h5-8,10,12,14,16-17H,1-4,9,15H2. The van der Waals surface area contributed by atoms with Gasteiger partial charge in [0.2, 0.25) is 10.0 Å². The van der Waals surface area contributed by atoms with Crippen LogP contribution in [0.4, 0.5) is 5.69 Å². The molecule has 6 heteroatoms. The summed E-state index contributed by atoms with van der Waals surface area (Å²) in [6.45, 7) is 0.605. The van der Waals surface area contributed by atoms with E-state index in [0.29, 0.717) is 23.4 Å². The summed E-state index contributed by atoms with van der Waals surface area (Å²) in [4.78, 5) is 0.325.